The minimum absolute atomic E-state index is 0.0478. The standard InChI is InChI=1S/C30H29F2N7O3S/c1-19-3-5-21(6-4-19)27(40)25-14-34-29-39(25)15-26(43-29)28(41)37-11-9-36(10-12-37)20(2)30(42,16-38-18-33-17-35-38)23-8-7-22(31)13-24(23)32/h3-8,13-15,17-18,20,42H,9-12,16H2,1-2H3. The summed E-state index contributed by atoms with van der Waals surface area (Å²) in [6, 6.07) is 9.80. The van der Waals surface area contributed by atoms with E-state index < -0.39 is 23.3 Å². The van der Waals surface area contributed by atoms with Crippen LogP contribution in [-0.4, -0.2) is 83.0 Å². The number of amides is 1. The molecule has 4 heterocycles. The molecule has 222 valence electrons. The third kappa shape index (κ3) is 5.46. The number of carbonyl (C=O) groups is 2. The Hall–Kier alpha value is -4.33. The molecule has 6 rings (SSSR count). The third-order valence-electron chi connectivity index (χ3n) is 8.08. The largest absolute Gasteiger partial charge is 0.381 e. The first kappa shape index (κ1) is 28.8. The van der Waals surface area contributed by atoms with Crippen molar-refractivity contribution in [1.82, 2.24) is 33.9 Å². The summed E-state index contributed by atoms with van der Waals surface area (Å²) in [7, 11) is 0. The van der Waals surface area contributed by atoms with Crippen molar-refractivity contribution in [1.29, 1.82) is 0 Å². The molecule has 1 fully saturated rings. The van der Waals surface area contributed by atoms with Crippen molar-refractivity contribution < 1.29 is 23.5 Å². The molecule has 2 atom stereocenters. The molecule has 1 N–H and O–H groups in total. The van der Waals surface area contributed by atoms with Crippen molar-refractivity contribution in [3.8, 4) is 0 Å². The molecular formula is C30H29F2N7O3S. The predicted molar refractivity (Wildman–Crippen MR) is 155 cm³/mol. The van der Waals surface area contributed by atoms with Crippen molar-refractivity contribution in [2.24, 2.45) is 0 Å². The fraction of sp³-hybridized carbons (Fsp3) is 0.300. The SMILES string of the molecule is Cc1ccc(C(=O)c2cnc3sc(C(=O)N4CCN(C(C)C(O)(Cn5cncn5)c5ccc(F)cc5F)CC4)cn23)cc1. The minimum Gasteiger partial charge on any atom is -0.381 e. The van der Waals surface area contributed by atoms with E-state index in [0.29, 0.717) is 47.3 Å². The van der Waals surface area contributed by atoms with Gasteiger partial charge in [0.15, 0.2) is 4.96 Å². The highest BCUT2D eigenvalue weighted by molar-refractivity contribution is 7.18. The number of thiazole rings is 1. The molecule has 0 radical (unpaired) electrons. The Balaban J connectivity index is 1.17. The average Bonchev–Trinajstić information content (AvgIpc) is 3.75. The van der Waals surface area contributed by atoms with Gasteiger partial charge in [0.1, 0.15) is 40.5 Å². The summed E-state index contributed by atoms with van der Waals surface area (Å²) in [5.74, 6) is -1.95. The Morgan fingerprint density at radius 1 is 1.09 bits per heavy atom. The smallest absolute Gasteiger partial charge is 0.265 e. The zero-order valence-electron chi connectivity index (χ0n) is 23.5. The summed E-state index contributed by atoms with van der Waals surface area (Å²) in [5, 5.41) is 16.0. The maximum absolute atomic E-state index is 15.0. The van der Waals surface area contributed by atoms with Gasteiger partial charge in [-0.05, 0) is 19.9 Å². The lowest BCUT2D eigenvalue weighted by molar-refractivity contribution is -0.0719. The van der Waals surface area contributed by atoms with E-state index in [1.54, 1.807) is 34.6 Å². The van der Waals surface area contributed by atoms with Gasteiger partial charge >= 0.3 is 0 Å². The molecule has 3 aromatic heterocycles. The summed E-state index contributed by atoms with van der Waals surface area (Å²) in [6.45, 7) is 5.18. The van der Waals surface area contributed by atoms with Crippen molar-refractivity contribution in [3.63, 3.8) is 0 Å². The van der Waals surface area contributed by atoms with Crippen LogP contribution < -0.4 is 0 Å². The lowest BCUT2D eigenvalue weighted by atomic mass is 9.85. The molecule has 10 nitrogen and oxygen atoms in total. The summed E-state index contributed by atoms with van der Waals surface area (Å²) in [4.78, 5) is 39.5. The summed E-state index contributed by atoms with van der Waals surface area (Å²) in [5.41, 5.74) is 0.161. The number of benzene rings is 2. The second-order valence-corrected chi connectivity index (χ2v) is 11.7. The van der Waals surface area contributed by atoms with Crippen molar-refractivity contribution in [3.05, 3.63) is 106 Å². The number of rotatable bonds is 8. The lowest BCUT2D eigenvalue weighted by Gasteiger charge is -2.44. The van der Waals surface area contributed by atoms with E-state index >= 15 is 0 Å². The van der Waals surface area contributed by atoms with Crippen LogP contribution in [0.4, 0.5) is 8.78 Å². The van der Waals surface area contributed by atoms with Crippen LogP contribution in [0.15, 0.2) is 67.5 Å². The monoisotopic (exact) mass is 605 g/mol. The molecule has 2 unspecified atom stereocenters. The number of nitrogens with zero attached hydrogens (tertiary/aromatic N) is 7. The fourth-order valence-corrected chi connectivity index (χ4v) is 6.45. The van der Waals surface area contributed by atoms with E-state index in [4.69, 9.17) is 0 Å². The van der Waals surface area contributed by atoms with E-state index in [1.165, 1.54) is 40.9 Å². The topological polar surface area (TPSA) is 109 Å². The zero-order valence-corrected chi connectivity index (χ0v) is 24.3. The number of fused-ring (bicyclic) bond motifs is 1. The Morgan fingerprint density at radius 3 is 2.51 bits per heavy atom. The van der Waals surface area contributed by atoms with Crippen LogP contribution in [0, 0.1) is 18.6 Å². The van der Waals surface area contributed by atoms with Gasteiger partial charge < -0.3 is 10.0 Å². The highest BCUT2D eigenvalue weighted by Gasteiger charge is 2.43. The molecule has 0 aliphatic carbocycles. The van der Waals surface area contributed by atoms with E-state index in [0.717, 1.165) is 17.7 Å². The number of hydrogen-bond donors (Lipinski definition) is 1. The Bertz CT molecular complexity index is 1780. The molecule has 1 saturated heterocycles. The fourth-order valence-electron chi connectivity index (χ4n) is 5.52. The number of aryl methyl sites for hydroxylation is 1. The van der Waals surface area contributed by atoms with Gasteiger partial charge in [-0.25, -0.2) is 23.4 Å². The Kier molecular flexibility index (Phi) is 7.63. The van der Waals surface area contributed by atoms with E-state index in [9.17, 15) is 23.5 Å². The molecule has 0 bridgehead atoms. The number of piperazine rings is 1. The second kappa shape index (κ2) is 11.4. The number of halogens is 2. The molecule has 1 aliphatic rings. The van der Waals surface area contributed by atoms with Gasteiger partial charge in [-0.2, -0.15) is 5.10 Å². The molecule has 2 aromatic carbocycles. The number of ketones is 1. The average molecular weight is 606 g/mol. The van der Waals surface area contributed by atoms with Gasteiger partial charge in [0.25, 0.3) is 5.91 Å². The van der Waals surface area contributed by atoms with Gasteiger partial charge in [-0.3, -0.25) is 18.9 Å². The first-order valence-electron chi connectivity index (χ1n) is 13.8. The van der Waals surface area contributed by atoms with Crippen molar-refractivity contribution in [2.75, 3.05) is 26.2 Å². The highest BCUT2D eigenvalue weighted by Crippen LogP contribution is 2.33. The Labute approximate surface area is 249 Å². The van der Waals surface area contributed by atoms with Crippen LogP contribution >= 0.6 is 11.3 Å². The highest BCUT2D eigenvalue weighted by atomic mass is 32.1. The first-order chi connectivity index (χ1) is 20.6. The van der Waals surface area contributed by atoms with Gasteiger partial charge in [0.2, 0.25) is 5.78 Å². The number of imidazole rings is 1. The molecule has 1 aliphatic heterocycles. The minimum atomic E-state index is -1.77. The van der Waals surface area contributed by atoms with Crippen LogP contribution in [0.2, 0.25) is 0 Å². The lowest BCUT2D eigenvalue weighted by Crippen LogP contribution is -2.58. The maximum Gasteiger partial charge on any atom is 0.265 e. The molecule has 0 spiro atoms. The zero-order chi connectivity index (χ0) is 30.3. The molecular weight excluding hydrogens is 576 g/mol. The molecule has 43 heavy (non-hydrogen) atoms. The normalized spacial score (nSPS) is 16.3. The summed E-state index contributed by atoms with van der Waals surface area (Å²) in [6.07, 6.45) is 5.92. The van der Waals surface area contributed by atoms with Crippen LogP contribution in [0.5, 0.6) is 0 Å². The van der Waals surface area contributed by atoms with Crippen LogP contribution in [-0.2, 0) is 12.1 Å². The van der Waals surface area contributed by atoms with Crippen LogP contribution in [0.3, 0.4) is 0 Å². The molecule has 0 saturated carbocycles. The molecule has 5 aromatic rings. The second-order valence-electron chi connectivity index (χ2n) is 10.7. The predicted octanol–water partition coefficient (Wildman–Crippen LogP) is 3.54. The quantitative estimate of drug-likeness (QED) is 0.270. The van der Waals surface area contributed by atoms with Crippen molar-refractivity contribution in [2.45, 2.75) is 32.0 Å². The summed E-state index contributed by atoms with van der Waals surface area (Å²) >= 11 is 1.22. The van der Waals surface area contributed by atoms with Gasteiger partial charge in [-0.1, -0.05) is 47.2 Å². The third-order valence-corrected chi connectivity index (χ3v) is 9.06. The van der Waals surface area contributed by atoms with Crippen LogP contribution in [0.25, 0.3) is 4.96 Å². The number of aromatic nitrogens is 5. The summed E-state index contributed by atoms with van der Waals surface area (Å²) < 4.78 is 31.7. The van der Waals surface area contributed by atoms with E-state index in [1.807, 2.05) is 24.0 Å². The van der Waals surface area contributed by atoms with Crippen molar-refractivity contribution >= 4 is 28.0 Å². The molecule has 1 amide bonds. The van der Waals surface area contributed by atoms with Gasteiger partial charge in [-0.15, -0.1) is 0 Å². The maximum atomic E-state index is 15.0. The first-order valence-corrected chi connectivity index (χ1v) is 14.6. The van der Waals surface area contributed by atoms with E-state index in [-0.39, 0.29) is 23.8 Å². The van der Waals surface area contributed by atoms with Gasteiger partial charge in [0.05, 0.1) is 12.7 Å². The Morgan fingerprint density at radius 2 is 1.84 bits per heavy atom. The number of aliphatic hydroxyl groups is 1. The molecule has 13 heteroatoms. The van der Waals surface area contributed by atoms with Crippen LogP contribution in [0.1, 0.15) is 43.8 Å². The van der Waals surface area contributed by atoms with E-state index in [2.05, 4.69) is 15.1 Å². The van der Waals surface area contributed by atoms with Gasteiger partial charge in [0, 0.05) is 55.6 Å². The number of carbonyl (C=O) groups excluding carboxylic acids is 2. The number of hydrogen-bond acceptors (Lipinski definition) is 8.